The Bertz CT molecular complexity index is 702. The van der Waals surface area contributed by atoms with Gasteiger partial charge in [-0.25, -0.2) is 0 Å². The largest absolute Gasteiger partial charge is 0.384 e. The molecule has 0 amide bonds. The molecule has 0 bridgehead atoms. The highest BCUT2D eigenvalue weighted by atomic mass is 35.5. The maximum atomic E-state index is 6.07. The Hall–Kier alpha value is -1.32. The van der Waals surface area contributed by atoms with Gasteiger partial charge in [0.25, 0.3) is 0 Å². The van der Waals surface area contributed by atoms with E-state index in [0.717, 1.165) is 34.4 Å². The minimum atomic E-state index is 0.742. The van der Waals surface area contributed by atoms with Crippen molar-refractivity contribution in [1.29, 1.82) is 0 Å². The van der Waals surface area contributed by atoms with Crippen LogP contribution in [0.2, 0.25) is 5.02 Å². The second-order valence-corrected chi connectivity index (χ2v) is 7.75. The first-order chi connectivity index (χ1) is 11.8. The third kappa shape index (κ3) is 3.52. The standard InChI is InChI=1S/C20H26ClN3/c21-16-4-5-18-19(7-10-23-20(18)14-16)22-9-6-15-8-12-24-11-2-1-3-17(24)13-15/h4-5,7,10,14-15,17H,1-3,6,8-9,11-13H2,(H,22,23)/t15-,17+/m0/s1. The van der Waals surface area contributed by atoms with Crippen LogP contribution in [0.25, 0.3) is 10.9 Å². The van der Waals surface area contributed by atoms with Crippen molar-refractivity contribution >= 4 is 28.2 Å². The number of aromatic nitrogens is 1. The molecular weight excluding hydrogens is 318 g/mol. The third-order valence-corrected chi connectivity index (χ3v) is 5.99. The van der Waals surface area contributed by atoms with Crippen molar-refractivity contribution in [3.63, 3.8) is 0 Å². The fourth-order valence-electron chi connectivity index (χ4n) is 4.42. The number of nitrogens with zero attached hydrogens (tertiary/aromatic N) is 2. The zero-order chi connectivity index (χ0) is 16.4. The van der Waals surface area contributed by atoms with Crippen molar-refractivity contribution in [2.24, 2.45) is 5.92 Å². The number of anilines is 1. The number of pyridine rings is 1. The molecule has 0 spiro atoms. The van der Waals surface area contributed by atoms with E-state index in [9.17, 15) is 0 Å². The molecule has 3 nitrogen and oxygen atoms in total. The quantitative estimate of drug-likeness (QED) is 0.850. The van der Waals surface area contributed by atoms with E-state index in [1.807, 2.05) is 18.3 Å². The molecular formula is C20H26ClN3. The number of rotatable bonds is 4. The van der Waals surface area contributed by atoms with Crippen LogP contribution in [-0.4, -0.2) is 35.6 Å². The third-order valence-electron chi connectivity index (χ3n) is 5.75. The normalized spacial score (nSPS) is 24.7. The van der Waals surface area contributed by atoms with Gasteiger partial charge in [-0.3, -0.25) is 4.98 Å². The molecule has 1 N–H and O–H groups in total. The van der Waals surface area contributed by atoms with E-state index in [1.165, 1.54) is 57.3 Å². The number of fused-ring (bicyclic) bond motifs is 2. The molecule has 2 saturated heterocycles. The molecule has 24 heavy (non-hydrogen) atoms. The van der Waals surface area contributed by atoms with Crippen molar-refractivity contribution in [2.45, 2.75) is 44.6 Å². The molecule has 2 atom stereocenters. The zero-order valence-corrected chi connectivity index (χ0v) is 14.9. The van der Waals surface area contributed by atoms with Crippen molar-refractivity contribution < 1.29 is 0 Å². The van der Waals surface area contributed by atoms with Crippen LogP contribution in [0.3, 0.4) is 0 Å². The van der Waals surface area contributed by atoms with Gasteiger partial charge in [-0.2, -0.15) is 0 Å². The Morgan fingerprint density at radius 3 is 3.08 bits per heavy atom. The van der Waals surface area contributed by atoms with E-state index >= 15 is 0 Å². The van der Waals surface area contributed by atoms with Crippen molar-refractivity contribution in [2.75, 3.05) is 25.0 Å². The smallest absolute Gasteiger partial charge is 0.0737 e. The SMILES string of the molecule is Clc1ccc2c(NCC[C@H]3CCN4CCCC[C@@H]4C3)ccnc2c1. The van der Waals surface area contributed by atoms with E-state index in [0.29, 0.717) is 0 Å². The lowest BCUT2D eigenvalue weighted by molar-refractivity contribution is 0.0772. The van der Waals surface area contributed by atoms with Crippen molar-refractivity contribution in [3.8, 4) is 0 Å². The second kappa shape index (κ2) is 7.28. The maximum absolute atomic E-state index is 6.07. The molecule has 2 aliphatic rings. The van der Waals surface area contributed by atoms with Gasteiger partial charge in [-0.15, -0.1) is 0 Å². The van der Waals surface area contributed by atoms with E-state index in [2.05, 4.69) is 27.3 Å². The highest BCUT2D eigenvalue weighted by Gasteiger charge is 2.29. The number of piperidine rings is 2. The van der Waals surface area contributed by atoms with E-state index in [4.69, 9.17) is 11.6 Å². The summed E-state index contributed by atoms with van der Waals surface area (Å²) in [4.78, 5) is 7.15. The summed E-state index contributed by atoms with van der Waals surface area (Å²) < 4.78 is 0. The predicted molar refractivity (Wildman–Crippen MR) is 102 cm³/mol. The Morgan fingerprint density at radius 2 is 2.12 bits per heavy atom. The molecule has 4 rings (SSSR count). The molecule has 0 radical (unpaired) electrons. The lowest BCUT2D eigenvalue weighted by Crippen LogP contribution is -2.45. The summed E-state index contributed by atoms with van der Waals surface area (Å²) in [6, 6.07) is 8.87. The molecule has 0 unspecified atom stereocenters. The summed E-state index contributed by atoms with van der Waals surface area (Å²) >= 11 is 6.07. The topological polar surface area (TPSA) is 28.2 Å². The molecule has 128 valence electrons. The maximum Gasteiger partial charge on any atom is 0.0737 e. The number of hydrogen-bond donors (Lipinski definition) is 1. The molecule has 1 aromatic carbocycles. The van der Waals surface area contributed by atoms with Gasteiger partial charge in [0.05, 0.1) is 5.52 Å². The van der Waals surface area contributed by atoms with Crippen LogP contribution in [-0.2, 0) is 0 Å². The molecule has 1 aromatic heterocycles. The molecule has 3 heterocycles. The molecule has 4 heteroatoms. The van der Waals surface area contributed by atoms with Crippen molar-refractivity contribution in [1.82, 2.24) is 9.88 Å². The van der Waals surface area contributed by atoms with Gasteiger partial charge in [0.2, 0.25) is 0 Å². The van der Waals surface area contributed by atoms with Gasteiger partial charge in [0.15, 0.2) is 0 Å². The van der Waals surface area contributed by atoms with Crippen LogP contribution < -0.4 is 5.32 Å². The lowest BCUT2D eigenvalue weighted by Gasteiger charge is -2.42. The summed E-state index contributed by atoms with van der Waals surface area (Å²) in [7, 11) is 0. The summed E-state index contributed by atoms with van der Waals surface area (Å²) in [5.74, 6) is 0.874. The van der Waals surface area contributed by atoms with Gasteiger partial charge >= 0.3 is 0 Å². The van der Waals surface area contributed by atoms with Crippen LogP contribution in [0.15, 0.2) is 30.5 Å². The molecule has 0 aliphatic carbocycles. The first kappa shape index (κ1) is 16.2. The first-order valence-corrected chi connectivity index (χ1v) is 9.69. The van der Waals surface area contributed by atoms with Gasteiger partial charge in [-0.05, 0) is 75.4 Å². The number of benzene rings is 1. The van der Waals surface area contributed by atoms with E-state index in [1.54, 1.807) is 0 Å². The van der Waals surface area contributed by atoms with Gasteiger partial charge in [0, 0.05) is 34.9 Å². The molecule has 2 aromatic rings. The number of halogens is 1. The fraction of sp³-hybridized carbons (Fsp3) is 0.550. The Balaban J connectivity index is 1.34. The minimum Gasteiger partial charge on any atom is -0.384 e. The number of nitrogens with one attached hydrogen (secondary N) is 1. The molecule has 2 aliphatic heterocycles. The Morgan fingerprint density at radius 1 is 1.17 bits per heavy atom. The minimum absolute atomic E-state index is 0.742. The van der Waals surface area contributed by atoms with Crippen LogP contribution >= 0.6 is 11.6 Å². The van der Waals surface area contributed by atoms with Crippen LogP contribution in [0.5, 0.6) is 0 Å². The Kier molecular flexibility index (Phi) is 4.91. The summed E-state index contributed by atoms with van der Waals surface area (Å²) in [6.07, 6.45) is 10.1. The lowest BCUT2D eigenvalue weighted by atomic mass is 9.84. The zero-order valence-electron chi connectivity index (χ0n) is 14.2. The highest BCUT2D eigenvalue weighted by molar-refractivity contribution is 6.31. The van der Waals surface area contributed by atoms with Crippen molar-refractivity contribution in [3.05, 3.63) is 35.5 Å². The first-order valence-electron chi connectivity index (χ1n) is 9.32. The monoisotopic (exact) mass is 343 g/mol. The molecule has 2 fully saturated rings. The molecule has 0 saturated carbocycles. The predicted octanol–water partition coefficient (Wildman–Crippen LogP) is 4.95. The van der Waals surface area contributed by atoms with E-state index in [-0.39, 0.29) is 0 Å². The van der Waals surface area contributed by atoms with Gasteiger partial charge in [-0.1, -0.05) is 18.0 Å². The average molecular weight is 344 g/mol. The van der Waals surface area contributed by atoms with Crippen LogP contribution in [0.1, 0.15) is 38.5 Å². The van der Waals surface area contributed by atoms with Gasteiger partial charge in [0.1, 0.15) is 0 Å². The number of hydrogen-bond acceptors (Lipinski definition) is 3. The summed E-state index contributed by atoms with van der Waals surface area (Å²) in [5.41, 5.74) is 2.13. The van der Waals surface area contributed by atoms with Crippen LogP contribution in [0, 0.1) is 5.92 Å². The average Bonchev–Trinajstić information content (AvgIpc) is 2.61. The Labute approximate surface area is 149 Å². The van der Waals surface area contributed by atoms with Crippen LogP contribution in [0.4, 0.5) is 5.69 Å². The second-order valence-electron chi connectivity index (χ2n) is 7.31. The highest BCUT2D eigenvalue weighted by Crippen LogP contribution is 2.31. The fourth-order valence-corrected chi connectivity index (χ4v) is 4.59. The van der Waals surface area contributed by atoms with E-state index < -0.39 is 0 Å². The van der Waals surface area contributed by atoms with Gasteiger partial charge < -0.3 is 10.2 Å². The summed E-state index contributed by atoms with van der Waals surface area (Å²) in [6.45, 7) is 3.69. The summed E-state index contributed by atoms with van der Waals surface area (Å²) in [5, 5.41) is 5.53.